The second-order valence-corrected chi connectivity index (χ2v) is 7.09. The number of hydrazine groups is 1. The number of nitrogens with two attached hydrogens (primary N) is 2. The number of likely N-dealkylation sites (tertiary alicyclic amines) is 1. The number of aromatic nitrogens is 1. The molecular formula is C18H24ClN7O2. The van der Waals surface area contributed by atoms with Gasteiger partial charge in [0.05, 0.1) is 23.2 Å². The molecule has 0 spiro atoms. The number of guanidine groups is 1. The topological polar surface area (TPSA) is 122 Å². The number of pyridine rings is 1. The van der Waals surface area contributed by atoms with E-state index in [9.17, 15) is 4.79 Å². The number of halogens is 1. The van der Waals surface area contributed by atoms with Gasteiger partial charge in [0.25, 0.3) is 5.91 Å². The number of piperidine rings is 1. The number of carbonyl (C=O) groups is 1. The molecule has 0 radical (unpaired) electrons. The highest BCUT2D eigenvalue weighted by Gasteiger charge is 2.24. The normalized spacial score (nSPS) is 15.6. The molecular weight excluding hydrogens is 382 g/mol. The Hall–Kier alpha value is -2.78. The lowest BCUT2D eigenvalue weighted by atomic mass is 10.0. The number of carbonyl (C=O) groups excluding carboxylic acids is 1. The van der Waals surface area contributed by atoms with Crippen LogP contribution in [0.25, 0.3) is 10.9 Å². The predicted molar refractivity (Wildman–Crippen MR) is 109 cm³/mol. The summed E-state index contributed by atoms with van der Waals surface area (Å²) >= 11 is 6.18. The minimum absolute atomic E-state index is 0.0565. The van der Waals surface area contributed by atoms with Gasteiger partial charge in [-0.1, -0.05) is 11.6 Å². The van der Waals surface area contributed by atoms with Crippen LogP contribution in [0, 0.1) is 0 Å². The summed E-state index contributed by atoms with van der Waals surface area (Å²) in [7, 11) is 3.24. The summed E-state index contributed by atoms with van der Waals surface area (Å²) in [4.78, 5) is 19.0. The molecule has 1 aliphatic heterocycles. The minimum Gasteiger partial charge on any atom is -0.495 e. The van der Waals surface area contributed by atoms with Gasteiger partial charge in [0.15, 0.2) is 0 Å². The lowest BCUT2D eigenvalue weighted by Crippen LogP contribution is -2.52. The summed E-state index contributed by atoms with van der Waals surface area (Å²) in [6.07, 6.45) is 3.09. The van der Waals surface area contributed by atoms with Crippen molar-refractivity contribution in [3.8, 4) is 5.75 Å². The van der Waals surface area contributed by atoms with Gasteiger partial charge < -0.3 is 20.8 Å². The number of fused-ring (bicyclic) bond motifs is 1. The molecule has 0 unspecified atom stereocenters. The van der Waals surface area contributed by atoms with Gasteiger partial charge in [-0.2, -0.15) is 0 Å². The first kappa shape index (κ1) is 20.0. The number of rotatable bonds is 3. The number of nitrogens with one attached hydrogen (secondary N) is 1. The van der Waals surface area contributed by atoms with Gasteiger partial charge in [0.1, 0.15) is 5.75 Å². The Morgan fingerprint density at radius 2 is 2.11 bits per heavy atom. The summed E-state index contributed by atoms with van der Waals surface area (Å²) in [5.41, 5.74) is 1.20. The van der Waals surface area contributed by atoms with Gasteiger partial charge in [-0.15, -0.1) is 5.10 Å². The van der Waals surface area contributed by atoms with Crippen molar-refractivity contribution in [1.29, 1.82) is 0 Å². The maximum atomic E-state index is 12.7. The Kier molecular flexibility index (Phi) is 6.05. The second-order valence-electron chi connectivity index (χ2n) is 6.68. The summed E-state index contributed by atoms with van der Waals surface area (Å²) in [5.74, 6) is 12.0. The average Bonchev–Trinajstić information content (AvgIpc) is 2.68. The van der Waals surface area contributed by atoms with Crippen molar-refractivity contribution >= 4 is 34.4 Å². The van der Waals surface area contributed by atoms with E-state index >= 15 is 0 Å². The fourth-order valence-electron chi connectivity index (χ4n) is 3.30. The van der Waals surface area contributed by atoms with Gasteiger partial charge in [-0.25, -0.2) is 5.84 Å². The van der Waals surface area contributed by atoms with Crippen molar-refractivity contribution in [2.45, 2.75) is 18.9 Å². The van der Waals surface area contributed by atoms with Crippen LogP contribution in [0.5, 0.6) is 5.75 Å². The maximum absolute atomic E-state index is 12.7. The van der Waals surface area contributed by atoms with Gasteiger partial charge in [-0.3, -0.25) is 14.8 Å². The van der Waals surface area contributed by atoms with E-state index in [4.69, 9.17) is 28.0 Å². The molecule has 0 saturated carbocycles. The van der Waals surface area contributed by atoms with Crippen LogP contribution >= 0.6 is 11.6 Å². The zero-order chi connectivity index (χ0) is 20.3. The maximum Gasteiger partial charge on any atom is 0.253 e. The van der Waals surface area contributed by atoms with Crippen molar-refractivity contribution < 1.29 is 9.53 Å². The molecule has 1 fully saturated rings. The van der Waals surface area contributed by atoms with Gasteiger partial charge in [0, 0.05) is 43.8 Å². The Balaban J connectivity index is 1.65. The molecule has 1 aromatic carbocycles. The van der Waals surface area contributed by atoms with E-state index in [1.165, 1.54) is 5.01 Å². The standard InChI is InChI=1S/C18H24ClN7O2/c1-25(21)18(24-20)26-5-3-13(4-6-26)23-17(27)12-7-11-8-14(19)16(28-2)9-15(11)22-10-12/h7-10,13H,3-6,20-21H2,1-2H3,(H,23,27)/b24-18+. The van der Waals surface area contributed by atoms with Crippen LogP contribution in [0.3, 0.4) is 0 Å². The molecule has 1 aliphatic rings. The fraction of sp³-hybridized carbons (Fsp3) is 0.389. The van der Waals surface area contributed by atoms with Crippen LogP contribution in [0.15, 0.2) is 29.5 Å². The van der Waals surface area contributed by atoms with Gasteiger partial charge in [0.2, 0.25) is 5.96 Å². The fourth-order valence-corrected chi connectivity index (χ4v) is 3.55. The molecule has 28 heavy (non-hydrogen) atoms. The van der Waals surface area contributed by atoms with Crippen LogP contribution in [-0.4, -0.2) is 60.0 Å². The zero-order valence-electron chi connectivity index (χ0n) is 15.9. The SMILES string of the molecule is COc1cc2ncc(C(=O)NC3CCN(/C(=N/N)N(C)N)CC3)cc2cc1Cl. The Morgan fingerprint density at radius 1 is 1.39 bits per heavy atom. The van der Waals surface area contributed by atoms with Crippen molar-refractivity contribution in [1.82, 2.24) is 20.2 Å². The summed E-state index contributed by atoms with van der Waals surface area (Å²) in [6.45, 7) is 1.40. The third kappa shape index (κ3) is 4.20. The first-order chi connectivity index (χ1) is 13.4. The number of benzene rings is 1. The summed E-state index contributed by atoms with van der Waals surface area (Å²) in [6, 6.07) is 5.33. The number of hydrazone groups is 1. The van der Waals surface area contributed by atoms with E-state index in [2.05, 4.69) is 15.4 Å². The van der Waals surface area contributed by atoms with Crippen LogP contribution in [0.2, 0.25) is 5.02 Å². The molecule has 0 bridgehead atoms. The Morgan fingerprint density at radius 3 is 2.71 bits per heavy atom. The summed E-state index contributed by atoms with van der Waals surface area (Å²) in [5, 5.41) is 9.43. The largest absolute Gasteiger partial charge is 0.495 e. The number of methoxy groups -OCH3 is 1. The van der Waals surface area contributed by atoms with Crippen LogP contribution in [-0.2, 0) is 0 Å². The zero-order valence-corrected chi connectivity index (χ0v) is 16.6. The smallest absolute Gasteiger partial charge is 0.253 e. The van der Waals surface area contributed by atoms with Crippen LogP contribution < -0.4 is 21.7 Å². The first-order valence-corrected chi connectivity index (χ1v) is 9.26. The highest BCUT2D eigenvalue weighted by Crippen LogP contribution is 2.29. The van der Waals surface area contributed by atoms with Gasteiger partial charge in [-0.05, 0) is 25.0 Å². The molecule has 1 amide bonds. The lowest BCUT2D eigenvalue weighted by molar-refractivity contribution is 0.0920. The van der Waals surface area contributed by atoms with E-state index in [1.807, 2.05) is 4.90 Å². The molecule has 2 aromatic rings. The molecule has 150 valence electrons. The Bertz CT molecular complexity index is 895. The second kappa shape index (κ2) is 8.49. The van der Waals surface area contributed by atoms with Crippen molar-refractivity contribution in [3.63, 3.8) is 0 Å². The number of nitrogens with zero attached hydrogens (tertiary/aromatic N) is 4. The van der Waals surface area contributed by atoms with Crippen LogP contribution in [0.4, 0.5) is 0 Å². The van der Waals surface area contributed by atoms with E-state index in [0.29, 0.717) is 40.9 Å². The molecule has 2 heterocycles. The third-order valence-corrected chi connectivity index (χ3v) is 5.06. The van der Waals surface area contributed by atoms with Crippen molar-refractivity contribution in [2.24, 2.45) is 16.8 Å². The molecule has 0 atom stereocenters. The monoisotopic (exact) mass is 405 g/mol. The molecule has 3 rings (SSSR count). The average molecular weight is 406 g/mol. The predicted octanol–water partition coefficient (Wildman–Crippen LogP) is 1.13. The number of ether oxygens (including phenoxy) is 1. The highest BCUT2D eigenvalue weighted by atomic mass is 35.5. The molecule has 0 aliphatic carbocycles. The van der Waals surface area contributed by atoms with Gasteiger partial charge >= 0.3 is 0 Å². The Labute approximate surface area is 168 Å². The quantitative estimate of drug-likeness (QED) is 0.303. The van der Waals surface area contributed by atoms with E-state index < -0.39 is 0 Å². The molecule has 5 N–H and O–H groups in total. The minimum atomic E-state index is -0.163. The van der Waals surface area contributed by atoms with Crippen molar-refractivity contribution in [2.75, 3.05) is 27.2 Å². The summed E-state index contributed by atoms with van der Waals surface area (Å²) < 4.78 is 5.20. The van der Waals surface area contributed by atoms with Crippen molar-refractivity contribution in [3.05, 3.63) is 35.0 Å². The number of hydrogen-bond acceptors (Lipinski definition) is 6. The number of hydrogen-bond donors (Lipinski definition) is 3. The lowest BCUT2D eigenvalue weighted by Gasteiger charge is -2.35. The van der Waals surface area contributed by atoms with E-state index in [1.54, 1.807) is 38.6 Å². The first-order valence-electron chi connectivity index (χ1n) is 8.88. The van der Waals surface area contributed by atoms with E-state index in [0.717, 1.165) is 18.2 Å². The molecule has 1 aromatic heterocycles. The van der Waals surface area contributed by atoms with Crippen LogP contribution in [0.1, 0.15) is 23.2 Å². The molecule has 10 heteroatoms. The molecule has 9 nitrogen and oxygen atoms in total. The van der Waals surface area contributed by atoms with E-state index in [-0.39, 0.29) is 11.9 Å². The highest BCUT2D eigenvalue weighted by molar-refractivity contribution is 6.32. The molecule has 1 saturated heterocycles. The number of amides is 1. The third-order valence-electron chi connectivity index (χ3n) is 4.76.